The lowest BCUT2D eigenvalue weighted by molar-refractivity contribution is 0.0912. The first-order valence-corrected chi connectivity index (χ1v) is 6.19. The van der Waals surface area contributed by atoms with Crippen molar-refractivity contribution in [1.29, 1.82) is 0 Å². The molecule has 0 aliphatic carbocycles. The van der Waals surface area contributed by atoms with Crippen molar-refractivity contribution in [2.24, 2.45) is 0 Å². The lowest BCUT2D eigenvalue weighted by Gasteiger charge is -2.27. The summed E-state index contributed by atoms with van der Waals surface area (Å²) < 4.78 is 12.9. The average molecular weight is 273 g/mol. The molecule has 4 nitrogen and oxygen atoms in total. The number of amides is 1. The number of benzene rings is 1. The van der Waals surface area contributed by atoms with E-state index in [2.05, 4.69) is 10.3 Å². The fourth-order valence-electron chi connectivity index (χ4n) is 1.90. The lowest BCUT2D eigenvalue weighted by atomic mass is 9.94. The van der Waals surface area contributed by atoms with Crippen LogP contribution >= 0.6 is 0 Å². The molecule has 0 saturated heterocycles. The largest absolute Gasteiger partial charge is 0.383 e. The van der Waals surface area contributed by atoms with Gasteiger partial charge in [0, 0.05) is 6.20 Å². The van der Waals surface area contributed by atoms with E-state index in [0.717, 1.165) is 5.56 Å². The number of hydrogen-bond acceptors (Lipinski definition) is 3. The second-order valence-electron chi connectivity index (χ2n) is 5.02. The van der Waals surface area contributed by atoms with E-state index < -0.39 is 5.54 Å². The molecule has 0 fully saturated rings. The molecule has 0 bridgehead atoms. The van der Waals surface area contributed by atoms with Crippen LogP contribution in [0.15, 0.2) is 42.6 Å². The number of nitrogen functional groups attached to an aromatic ring is 1. The van der Waals surface area contributed by atoms with Gasteiger partial charge >= 0.3 is 0 Å². The molecule has 1 aromatic heterocycles. The summed E-state index contributed by atoms with van der Waals surface area (Å²) in [5.41, 5.74) is 6.15. The third-order valence-electron chi connectivity index (χ3n) is 3.08. The van der Waals surface area contributed by atoms with E-state index in [1.54, 1.807) is 24.3 Å². The Morgan fingerprint density at radius 2 is 1.90 bits per heavy atom. The highest BCUT2D eigenvalue weighted by Gasteiger charge is 2.24. The van der Waals surface area contributed by atoms with Gasteiger partial charge in [0.05, 0.1) is 11.1 Å². The Morgan fingerprint density at radius 3 is 2.50 bits per heavy atom. The summed E-state index contributed by atoms with van der Waals surface area (Å²) in [6.07, 6.45) is 1.53. The predicted molar refractivity (Wildman–Crippen MR) is 75.5 cm³/mol. The number of pyridine rings is 1. The fraction of sp³-hybridized carbons (Fsp3) is 0.200. The number of carbonyl (C=O) groups is 1. The summed E-state index contributed by atoms with van der Waals surface area (Å²) in [7, 11) is 0. The summed E-state index contributed by atoms with van der Waals surface area (Å²) in [6.45, 7) is 3.68. The monoisotopic (exact) mass is 273 g/mol. The molecule has 5 heteroatoms. The van der Waals surface area contributed by atoms with Crippen LogP contribution in [0.5, 0.6) is 0 Å². The van der Waals surface area contributed by atoms with Gasteiger partial charge in [0.25, 0.3) is 5.91 Å². The van der Waals surface area contributed by atoms with Crippen molar-refractivity contribution in [3.8, 4) is 0 Å². The maximum absolute atomic E-state index is 12.9. The van der Waals surface area contributed by atoms with Gasteiger partial charge in [0.15, 0.2) is 0 Å². The highest BCUT2D eigenvalue weighted by Crippen LogP contribution is 2.21. The van der Waals surface area contributed by atoms with Crippen molar-refractivity contribution < 1.29 is 9.18 Å². The first-order valence-electron chi connectivity index (χ1n) is 6.19. The van der Waals surface area contributed by atoms with Crippen molar-refractivity contribution in [2.75, 3.05) is 5.73 Å². The van der Waals surface area contributed by atoms with Crippen LogP contribution in [-0.2, 0) is 5.54 Å². The van der Waals surface area contributed by atoms with Crippen LogP contribution in [0.4, 0.5) is 10.2 Å². The summed E-state index contributed by atoms with van der Waals surface area (Å²) in [4.78, 5) is 16.1. The van der Waals surface area contributed by atoms with Crippen molar-refractivity contribution in [2.45, 2.75) is 19.4 Å². The van der Waals surface area contributed by atoms with Crippen LogP contribution in [0.25, 0.3) is 0 Å². The Hall–Kier alpha value is -2.43. The minimum absolute atomic E-state index is 0.180. The van der Waals surface area contributed by atoms with Gasteiger partial charge in [0.1, 0.15) is 11.6 Å². The van der Waals surface area contributed by atoms with Crippen LogP contribution in [0.2, 0.25) is 0 Å². The van der Waals surface area contributed by atoms with Crippen LogP contribution in [0, 0.1) is 5.82 Å². The van der Waals surface area contributed by atoms with Crippen LogP contribution in [0.3, 0.4) is 0 Å². The molecule has 1 amide bonds. The smallest absolute Gasteiger partial charge is 0.255 e. The van der Waals surface area contributed by atoms with E-state index in [-0.39, 0.29) is 17.5 Å². The summed E-state index contributed by atoms with van der Waals surface area (Å²) in [6, 6.07) is 9.27. The zero-order valence-corrected chi connectivity index (χ0v) is 11.4. The fourth-order valence-corrected chi connectivity index (χ4v) is 1.90. The van der Waals surface area contributed by atoms with E-state index >= 15 is 0 Å². The van der Waals surface area contributed by atoms with E-state index in [0.29, 0.717) is 5.56 Å². The maximum Gasteiger partial charge on any atom is 0.255 e. The van der Waals surface area contributed by atoms with Gasteiger partial charge in [-0.05, 0) is 43.7 Å². The Labute approximate surface area is 116 Å². The summed E-state index contributed by atoms with van der Waals surface area (Å²) in [5, 5.41) is 2.87. The van der Waals surface area contributed by atoms with Crippen LogP contribution in [-0.4, -0.2) is 10.9 Å². The van der Waals surface area contributed by atoms with Gasteiger partial charge in [0.2, 0.25) is 0 Å². The van der Waals surface area contributed by atoms with Crippen LogP contribution in [0.1, 0.15) is 29.8 Å². The topological polar surface area (TPSA) is 68.0 Å². The molecule has 0 saturated carbocycles. The molecule has 1 aromatic carbocycles. The maximum atomic E-state index is 12.9. The third-order valence-corrected chi connectivity index (χ3v) is 3.08. The number of halogens is 1. The van der Waals surface area contributed by atoms with E-state index in [1.165, 1.54) is 18.3 Å². The summed E-state index contributed by atoms with van der Waals surface area (Å²) >= 11 is 0. The second-order valence-corrected chi connectivity index (χ2v) is 5.02. The molecule has 2 rings (SSSR count). The van der Waals surface area contributed by atoms with E-state index in [1.807, 2.05) is 13.8 Å². The zero-order chi connectivity index (χ0) is 14.8. The first kappa shape index (κ1) is 14.0. The van der Waals surface area contributed by atoms with Gasteiger partial charge in [-0.3, -0.25) is 4.79 Å². The first-order chi connectivity index (χ1) is 9.40. The molecular formula is C15H16FN3O. The number of nitrogens with two attached hydrogens (primary N) is 1. The molecule has 0 atom stereocenters. The number of anilines is 1. The standard InChI is InChI=1S/C15H16FN3O/c1-15(2,10-5-7-11(16)8-6-10)19-14(20)12-4-3-9-18-13(12)17/h3-9H,1-2H3,(H2,17,18)(H,19,20). The SMILES string of the molecule is CC(C)(NC(=O)c1cccnc1N)c1ccc(F)cc1. The molecule has 0 unspecified atom stereocenters. The van der Waals surface area contributed by atoms with Gasteiger partial charge in [-0.1, -0.05) is 12.1 Å². The Balaban J connectivity index is 2.22. The Bertz CT molecular complexity index is 623. The molecule has 2 aromatic rings. The molecule has 0 aliphatic rings. The van der Waals surface area contributed by atoms with Crippen molar-refractivity contribution in [3.05, 3.63) is 59.5 Å². The molecular weight excluding hydrogens is 257 g/mol. The van der Waals surface area contributed by atoms with Crippen molar-refractivity contribution >= 4 is 11.7 Å². The lowest BCUT2D eigenvalue weighted by Crippen LogP contribution is -2.41. The molecule has 0 aliphatic heterocycles. The summed E-state index contributed by atoms with van der Waals surface area (Å²) in [5.74, 6) is -0.447. The Kier molecular flexibility index (Phi) is 3.70. The number of carbonyl (C=O) groups excluding carboxylic acids is 1. The van der Waals surface area contributed by atoms with Crippen molar-refractivity contribution in [3.63, 3.8) is 0 Å². The van der Waals surface area contributed by atoms with Gasteiger partial charge in [-0.2, -0.15) is 0 Å². The highest BCUT2D eigenvalue weighted by atomic mass is 19.1. The second kappa shape index (κ2) is 5.28. The highest BCUT2D eigenvalue weighted by molar-refractivity contribution is 5.98. The molecule has 3 N–H and O–H groups in total. The molecule has 0 radical (unpaired) electrons. The van der Waals surface area contributed by atoms with Gasteiger partial charge < -0.3 is 11.1 Å². The predicted octanol–water partition coefficient (Wildman–Crippen LogP) is 2.47. The van der Waals surface area contributed by atoms with E-state index in [9.17, 15) is 9.18 Å². The van der Waals surface area contributed by atoms with Gasteiger partial charge in [-0.25, -0.2) is 9.37 Å². The number of rotatable bonds is 3. The van der Waals surface area contributed by atoms with Crippen LogP contribution < -0.4 is 11.1 Å². The van der Waals surface area contributed by atoms with E-state index in [4.69, 9.17) is 5.73 Å². The molecule has 1 heterocycles. The Morgan fingerprint density at radius 1 is 1.25 bits per heavy atom. The molecule has 104 valence electrons. The number of hydrogen-bond donors (Lipinski definition) is 2. The zero-order valence-electron chi connectivity index (χ0n) is 11.4. The normalized spacial score (nSPS) is 11.2. The number of aromatic nitrogens is 1. The third kappa shape index (κ3) is 2.93. The minimum atomic E-state index is -0.646. The van der Waals surface area contributed by atoms with Crippen molar-refractivity contribution in [1.82, 2.24) is 10.3 Å². The number of nitrogens with one attached hydrogen (secondary N) is 1. The minimum Gasteiger partial charge on any atom is -0.383 e. The number of nitrogens with zero attached hydrogens (tertiary/aromatic N) is 1. The average Bonchev–Trinajstić information content (AvgIpc) is 2.39. The van der Waals surface area contributed by atoms with Gasteiger partial charge in [-0.15, -0.1) is 0 Å². The molecule has 0 spiro atoms. The molecule has 20 heavy (non-hydrogen) atoms. The quantitative estimate of drug-likeness (QED) is 0.902.